The highest BCUT2D eigenvalue weighted by atomic mass is 32.1. The molecular formula is C16H22FN3S. The van der Waals surface area contributed by atoms with Gasteiger partial charge in [-0.25, -0.2) is 9.37 Å². The first-order valence-corrected chi connectivity index (χ1v) is 8.16. The van der Waals surface area contributed by atoms with Crippen LogP contribution < -0.4 is 10.2 Å². The molecule has 2 aromatic rings. The molecule has 0 aliphatic heterocycles. The average molecular weight is 307 g/mol. The summed E-state index contributed by atoms with van der Waals surface area (Å²) in [6, 6.07) is 6.61. The van der Waals surface area contributed by atoms with Crippen LogP contribution >= 0.6 is 11.3 Å². The van der Waals surface area contributed by atoms with Crippen molar-refractivity contribution in [3.8, 4) is 0 Å². The smallest absolute Gasteiger partial charge is 0.190 e. The lowest BCUT2D eigenvalue weighted by Crippen LogP contribution is -2.11. The number of halogens is 1. The Kier molecular flexibility index (Phi) is 5.70. The van der Waals surface area contributed by atoms with Crippen molar-refractivity contribution < 1.29 is 4.39 Å². The topological polar surface area (TPSA) is 28.2 Å². The molecule has 0 aliphatic carbocycles. The summed E-state index contributed by atoms with van der Waals surface area (Å²) < 4.78 is 13.4. The summed E-state index contributed by atoms with van der Waals surface area (Å²) in [5.74, 6) is -0.224. The van der Waals surface area contributed by atoms with Crippen LogP contribution in [-0.2, 0) is 13.0 Å². The lowest BCUT2D eigenvalue weighted by molar-refractivity contribution is 0.628. The van der Waals surface area contributed by atoms with E-state index in [0.717, 1.165) is 42.4 Å². The van der Waals surface area contributed by atoms with Crippen LogP contribution in [0.15, 0.2) is 24.3 Å². The van der Waals surface area contributed by atoms with Crippen LogP contribution in [0.5, 0.6) is 0 Å². The maximum Gasteiger partial charge on any atom is 0.190 e. The third-order valence-electron chi connectivity index (χ3n) is 3.27. The van der Waals surface area contributed by atoms with Crippen molar-refractivity contribution in [2.24, 2.45) is 0 Å². The maximum atomic E-state index is 13.4. The van der Waals surface area contributed by atoms with Crippen molar-refractivity contribution in [3.05, 3.63) is 40.7 Å². The van der Waals surface area contributed by atoms with E-state index in [1.165, 1.54) is 17.0 Å². The van der Waals surface area contributed by atoms with Crippen molar-refractivity contribution in [1.29, 1.82) is 0 Å². The molecule has 0 radical (unpaired) electrons. The van der Waals surface area contributed by atoms with E-state index in [2.05, 4.69) is 19.2 Å². The number of rotatable bonds is 7. The van der Waals surface area contributed by atoms with Crippen LogP contribution in [0, 0.1) is 5.82 Å². The second kappa shape index (κ2) is 7.52. The number of thiazole rings is 1. The van der Waals surface area contributed by atoms with Gasteiger partial charge in [0.1, 0.15) is 5.82 Å². The highest BCUT2D eigenvalue weighted by Gasteiger charge is 2.14. The van der Waals surface area contributed by atoms with Gasteiger partial charge in [0, 0.05) is 24.2 Å². The van der Waals surface area contributed by atoms with Crippen LogP contribution in [0.1, 0.15) is 30.8 Å². The van der Waals surface area contributed by atoms with Gasteiger partial charge < -0.3 is 10.2 Å². The molecule has 5 heteroatoms. The number of nitrogens with zero attached hydrogens (tertiary/aromatic N) is 2. The van der Waals surface area contributed by atoms with Gasteiger partial charge in [-0.05, 0) is 31.2 Å². The van der Waals surface area contributed by atoms with Crippen molar-refractivity contribution in [1.82, 2.24) is 10.3 Å². The number of hydrogen-bond acceptors (Lipinski definition) is 4. The lowest BCUT2D eigenvalue weighted by atomic mass is 10.2. The SMILES string of the molecule is CCCc1nc(N(C)c2cccc(F)c2)sc1CNCC. The minimum absolute atomic E-state index is 0.224. The minimum atomic E-state index is -0.224. The summed E-state index contributed by atoms with van der Waals surface area (Å²) in [6.07, 6.45) is 2.06. The number of aromatic nitrogens is 1. The zero-order valence-corrected chi connectivity index (χ0v) is 13.6. The number of benzene rings is 1. The first kappa shape index (κ1) is 15.9. The molecule has 0 spiro atoms. The molecule has 0 bridgehead atoms. The molecule has 0 saturated carbocycles. The van der Waals surface area contributed by atoms with E-state index >= 15 is 0 Å². The predicted octanol–water partition coefficient (Wildman–Crippen LogP) is 4.11. The van der Waals surface area contributed by atoms with E-state index in [4.69, 9.17) is 4.98 Å². The van der Waals surface area contributed by atoms with Crippen LogP contribution in [-0.4, -0.2) is 18.6 Å². The van der Waals surface area contributed by atoms with Gasteiger partial charge in [-0.15, -0.1) is 0 Å². The Balaban J connectivity index is 2.26. The maximum absolute atomic E-state index is 13.4. The molecule has 2 rings (SSSR count). The van der Waals surface area contributed by atoms with E-state index in [0.29, 0.717) is 0 Å². The lowest BCUT2D eigenvalue weighted by Gasteiger charge is -2.15. The first-order valence-electron chi connectivity index (χ1n) is 7.34. The molecule has 1 N–H and O–H groups in total. The Bertz CT molecular complexity index is 583. The Hall–Kier alpha value is -1.46. The fourth-order valence-electron chi connectivity index (χ4n) is 2.12. The third kappa shape index (κ3) is 4.02. The molecule has 1 heterocycles. The largest absolute Gasteiger partial charge is 0.321 e. The molecule has 0 amide bonds. The average Bonchev–Trinajstić information content (AvgIpc) is 2.88. The van der Waals surface area contributed by atoms with E-state index in [1.807, 2.05) is 18.0 Å². The van der Waals surface area contributed by atoms with Crippen LogP contribution in [0.4, 0.5) is 15.2 Å². The molecule has 0 unspecified atom stereocenters. The van der Waals surface area contributed by atoms with Gasteiger partial charge >= 0.3 is 0 Å². The summed E-state index contributed by atoms with van der Waals surface area (Å²) >= 11 is 1.68. The predicted molar refractivity (Wildman–Crippen MR) is 88.0 cm³/mol. The summed E-state index contributed by atoms with van der Waals surface area (Å²) in [5, 5.41) is 4.27. The monoisotopic (exact) mass is 307 g/mol. The zero-order valence-electron chi connectivity index (χ0n) is 12.8. The van der Waals surface area contributed by atoms with Crippen LogP contribution in [0.25, 0.3) is 0 Å². The van der Waals surface area contributed by atoms with Gasteiger partial charge in [-0.1, -0.05) is 37.7 Å². The number of nitrogens with one attached hydrogen (secondary N) is 1. The standard InChI is InChI=1S/C16H22FN3S/c1-4-7-14-15(11-18-5-2)21-16(19-14)20(3)13-9-6-8-12(17)10-13/h6,8-10,18H,4-5,7,11H2,1-3H3. The van der Waals surface area contributed by atoms with Crippen LogP contribution in [0.3, 0.4) is 0 Å². The summed E-state index contributed by atoms with van der Waals surface area (Å²) in [5.41, 5.74) is 1.98. The molecular weight excluding hydrogens is 285 g/mol. The number of anilines is 2. The van der Waals surface area contributed by atoms with E-state index in [1.54, 1.807) is 17.4 Å². The van der Waals surface area contributed by atoms with Gasteiger partial charge in [-0.3, -0.25) is 0 Å². The molecule has 1 aromatic carbocycles. The van der Waals surface area contributed by atoms with Gasteiger partial charge in [-0.2, -0.15) is 0 Å². The van der Waals surface area contributed by atoms with Gasteiger partial charge in [0.15, 0.2) is 5.13 Å². The zero-order chi connectivity index (χ0) is 15.2. The van der Waals surface area contributed by atoms with Crippen LogP contribution in [0.2, 0.25) is 0 Å². The molecule has 0 fully saturated rings. The Morgan fingerprint density at radius 3 is 2.81 bits per heavy atom. The minimum Gasteiger partial charge on any atom is -0.321 e. The normalized spacial score (nSPS) is 10.9. The Morgan fingerprint density at radius 1 is 1.33 bits per heavy atom. The Labute approximate surface area is 129 Å². The van der Waals surface area contributed by atoms with Crippen molar-refractivity contribution in [3.63, 3.8) is 0 Å². The third-order valence-corrected chi connectivity index (χ3v) is 4.45. The van der Waals surface area contributed by atoms with Gasteiger partial charge in [0.05, 0.1) is 5.69 Å². The van der Waals surface area contributed by atoms with Crippen molar-refractivity contribution in [2.45, 2.75) is 33.2 Å². The van der Waals surface area contributed by atoms with E-state index in [-0.39, 0.29) is 5.82 Å². The summed E-state index contributed by atoms with van der Waals surface area (Å²) in [6.45, 7) is 6.05. The fraction of sp³-hybridized carbons (Fsp3) is 0.438. The summed E-state index contributed by atoms with van der Waals surface area (Å²) in [4.78, 5) is 7.96. The fourth-order valence-corrected chi connectivity index (χ4v) is 3.18. The first-order chi connectivity index (χ1) is 10.2. The molecule has 0 saturated heterocycles. The molecule has 3 nitrogen and oxygen atoms in total. The quantitative estimate of drug-likeness (QED) is 0.834. The molecule has 0 atom stereocenters. The van der Waals surface area contributed by atoms with E-state index < -0.39 is 0 Å². The van der Waals surface area contributed by atoms with Gasteiger partial charge in [0.25, 0.3) is 0 Å². The summed E-state index contributed by atoms with van der Waals surface area (Å²) in [7, 11) is 1.93. The highest BCUT2D eigenvalue weighted by Crippen LogP contribution is 2.31. The molecule has 21 heavy (non-hydrogen) atoms. The molecule has 1 aromatic heterocycles. The second-order valence-corrected chi connectivity index (χ2v) is 6.00. The number of aryl methyl sites for hydroxylation is 1. The van der Waals surface area contributed by atoms with Crippen molar-refractivity contribution in [2.75, 3.05) is 18.5 Å². The Morgan fingerprint density at radius 2 is 2.14 bits per heavy atom. The number of hydrogen-bond donors (Lipinski definition) is 1. The van der Waals surface area contributed by atoms with Crippen molar-refractivity contribution >= 4 is 22.2 Å². The van der Waals surface area contributed by atoms with Gasteiger partial charge in [0.2, 0.25) is 0 Å². The highest BCUT2D eigenvalue weighted by molar-refractivity contribution is 7.15. The second-order valence-electron chi connectivity index (χ2n) is 4.94. The van der Waals surface area contributed by atoms with E-state index in [9.17, 15) is 4.39 Å². The molecule has 114 valence electrons. The molecule has 0 aliphatic rings.